The molecule has 0 aliphatic heterocycles. The van der Waals surface area contributed by atoms with Crippen molar-refractivity contribution in [2.24, 2.45) is 22.7 Å². The number of allylic oxidation sites excluding steroid dienone is 4. The maximum absolute atomic E-state index is 15.3. The highest BCUT2D eigenvalue weighted by Gasteiger charge is 2.76. The van der Waals surface area contributed by atoms with Gasteiger partial charge in [0.05, 0.1) is 16.4 Å². The molecule has 0 aromatic rings. The van der Waals surface area contributed by atoms with Crippen molar-refractivity contribution >= 4 is 34.8 Å². The van der Waals surface area contributed by atoms with E-state index in [2.05, 4.69) is 0 Å². The number of fused-ring (bicyclic) bond motifs is 5. The summed E-state index contributed by atoms with van der Waals surface area (Å²) in [5, 5.41) is 30.5. The summed E-state index contributed by atoms with van der Waals surface area (Å²) in [4.78, 5) is 23.2. The number of carbonyl (C=O) groups is 2. The predicted molar refractivity (Wildman–Crippen MR) is 105 cm³/mol. The average molecular weight is 447 g/mol. The van der Waals surface area contributed by atoms with Crippen LogP contribution in [-0.2, 0) is 9.59 Å². The second kappa shape index (κ2) is 6.36. The highest BCUT2D eigenvalue weighted by atomic mass is 35.5. The summed E-state index contributed by atoms with van der Waals surface area (Å²) in [5.41, 5.74) is -4.08. The Morgan fingerprint density at radius 1 is 1.31 bits per heavy atom. The first-order valence-corrected chi connectivity index (χ1v) is 10.7. The molecule has 4 aliphatic rings. The topological polar surface area (TPSA) is 94.8 Å². The number of ketones is 2. The second-order valence-electron chi connectivity index (χ2n) is 9.41. The molecule has 8 heteroatoms. The van der Waals surface area contributed by atoms with Crippen LogP contribution in [0.4, 0.5) is 4.39 Å². The van der Waals surface area contributed by atoms with Gasteiger partial charge >= 0.3 is 0 Å². The Balaban J connectivity index is 1.87. The van der Waals surface area contributed by atoms with Gasteiger partial charge in [-0.05, 0) is 48.8 Å². The lowest BCUT2D eigenvalue weighted by atomic mass is 9.46. The fraction of sp³-hybridized carbons (Fsp3) is 0.714. The minimum Gasteiger partial charge on any atom is -0.390 e. The molecule has 3 N–H and O–H groups in total. The van der Waals surface area contributed by atoms with E-state index in [0.29, 0.717) is 5.57 Å². The molecule has 0 saturated heterocycles. The number of aliphatic hydroxyl groups is 3. The molecule has 0 aromatic carbocycles. The van der Waals surface area contributed by atoms with Crippen molar-refractivity contribution < 1.29 is 29.3 Å². The van der Waals surface area contributed by atoms with E-state index in [1.54, 1.807) is 19.9 Å². The molecule has 3 saturated carbocycles. The minimum absolute atomic E-state index is 0.0222. The zero-order valence-electron chi connectivity index (χ0n) is 16.2. The maximum Gasteiger partial charge on any atom is 0.192 e. The summed E-state index contributed by atoms with van der Waals surface area (Å²) < 4.78 is 15.3. The van der Waals surface area contributed by atoms with Crippen LogP contribution in [0.25, 0.3) is 0 Å². The molecule has 9 unspecified atom stereocenters. The molecule has 29 heavy (non-hydrogen) atoms. The summed E-state index contributed by atoms with van der Waals surface area (Å²) >= 11 is 14.1. The normalized spacial score (nSPS) is 53.7. The monoisotopic (exact) mass is 446 g/mol. The zero-order valence-corrected chi connectivity index (χ0v) is 17.8. The van der Waals surface area contributed by atoms with Crippen molar-refractivity contribution in [3.8, 4) is 0 Å². The third kappa shape index (κ3) is 2.33. The number of aliphatic hydroxyl groups excluding tert-OH is 2. The lowest BCUT2D eigenvalue weighted by Crippen LogP contribution is -2.69. The van der Waals surface area contributed by atoms with E-state index in [-0.39, 0.29) is 25.0 Å². The first-order valence-electron chi connectivity index (χ1n) is 9.84. The van der Waals surface area contributed by atoms with Gasteiger partial charge in [-0.2, -0.15) is 0 Å². The van der Waals surface area contributed by atoms with Gasteiger partial charge < -0.3 is 15.3 Å². The molecule has 0 radical (unpaired) electrons. The van der Waals surface area contributed by atoms with Gasteiger partial charge in [-0.25, -0.2) is 4.39 Å². The Kier molecular flexibility index (Phi) is 4.70. The highest BCUT2D eigenvalue weighted by Crippen LogP contribution is 2.71. The van der Waals surface area contributed by atoms with E-state index in [1.807, 2.05) is 0 Å². The van der Waals surface area contributed by atoms with E-state index >= 15 is 4.39 Å². The molecular weight excluding hydrogens is 422 g/mol. The summed E-state index contributed by atoms with van der Waals surface area (Å²) in [6.07, 6.45) is 1.55. The number of Topliss-reactive ketones (excluding diaryl/α,β-unsaturated/α-hetero) is 1. The molecule has 4 aliphatic carbocycles. The van der Waals surface area contributed by atoms with Crippen LogP contribution in [0.1, 0.15) is 33.1 Å². The number of hydrogen-bond donors (Lipinski definition) is 3. The van der Waals surface area contributed by atoms with Crippen molar-refractivity contribution in [2.45, 2.75) is 61.2 Å². The van der Waals surface area contributed by atoms with Crippen LogP contribution in [0.5, 0.6) is 0 Å². The molecule has 4 rings (SSSR count). The SMILES string of the molecule is CC12C=CC(=O)C=C1C(F)CC1C3CC(O)C(O)(C(=O)CO)C3(C)CC(Cl)C12Cl. The van der Waals surface area contributed by atoms with Crippen LogP contribution in [0.15, 0.2) is 23.8 Å². The third-order valence-corrected chi connectivity index (χ3v) is 9.92. The largest absolute Gasteiger partial charge is 0.390 e. The lowest BCUT2D eigenvalue weighted by molar-refractivity contribution is -0.176. The van der Waals surface area contributed by atoms with Crippen LogP contribution >= 0.6 is 23.2 Å². The van der Waals surface area contributed by atoms with Crippen LogP contribution in [-0.4, -0.2) is 61.6 Å². The summed E-state index contributed by atoms with van der Waals surface area (Å²) in [5.74, 6) is -2.22. The quantitative estimate of drug-likeness (QED) is 0.564. The van der Waals surface area contributed by atoms with E-state index in [4.69, 9.17) is 23.2 Å². The Labute approximate surface area is 178 Å². The van der Waals surface area contributed by atoms with Gasteiger partial charge in [0, 0.05) is 10.8 Å². The van der Waals surface area contributed by atoms with Gasteiger partial charge in [0.25, 0.3) is 0 Å². The van der Waals surface area contributed by atoms with Crippen molar-refractivity contribution in [3.05, 3.63) is 23.8 Å². The zero-order chi connectivity index (χ0) is 21.6. The van der Waals surface area contributed by atoms with E-state index in [1.165, 1.54) is 12.2 Å². The molecule has 5 nitrogen and oxygen atoms in total. The van der Waals surface area contributed by atoms with Gasteiger partial charge in [0.15, 0.2) is 17.2 Å². The number of carbonyl (C=O) groups excluding carboxylic acids is 2. The summed E-state index contributed by atoms with van der Waals surface area (Å²) in [7, 11) is 0. The minimum atomic E-state index is -2.18. The summed E-state index contributed by atoms with van der Waals surface area (Å²) in [6.45, 7) is 2.51. The van der Waals surface area contributed by atoms with Crippen LogP contribution in [0.3, 0.4) is 0 Å². The molecule has 0 aromatic heterocycles. The van der Waals surface area contributed by atoms with Gasteiger partial charge in [-0.15, -0.1) is 23.2 Å². The average Bonchev–Trinajstić information content (AvgIpc) is 2.86. The van der Waals surface area contributed by atoms with Gasteiger partial charge in [0.2, 0.25) is 0 Å². The molecule has 0 heterocycles. The van der Waals surface area contributed by atoms with Crippen LogP contribution in [0.2, 0.25) is 0 Å². The fourth-order valence-corrected chi connectivity index (χ4v) is 7.98. The number of hydrogen-bond acceptors (Lipinski definition) is 5. The van der Waals surface area contributed by atoms with Crippen molar-refractivity contribution in [2.75, 3.05) is 6.61 Å². The first-order chi connectivity index (χ1) is 13.4. The molecule has 9 atom stereocenters. The maximum atomic E-state index is 15.3. The standard InChI is InChI=1S/C21H25Cl2FO5/c1-18-4-3-10(26)5-13(18)14(24)6-12-11-7-16(27)21(29,17(28)9-25)19(11,2)8-15(22)20(12,18)23/h3-5,11-12,14-16,25,27,29H,6-9H2,1-2H3. The molecule has 0 bridgehead atoms. The summed E-state index contributed by atoms with van der Waals surface area (Å²) in [6, 6.07) is 0. The fourth-order valence-electron chi connectivity index (χ4n) is 6.78. The first kappa shape index (κ1) is 21.4. The van der Waals surface area contributed by atoms with Crippen molar-refractivity contribution in [1.29, 1.82) is 0 Å². The van der Waals surface area contributed by atoms with Gasteiger partial charge in [-0.1, -0.05) is 19.9 Å². The lowest BCUT2D eigenvalue weighted by Gasteiger charge is -2.64. The van der Waals surface area contributed by atoms with Crippen molar-refractivity contribution in [3.63, 3.8) is 0 Å². The van der Waals surface area contributed by atoms with Gasteiger partial charge in [-0.3, -0.25) is 9.59 Å². The van der Waals surface area contributed by atoms with Crippen LogP contribution in [0, 0.1) is 22.7 Å². The predicted octanol–water partition coefficient (Wildman–Crippen LogP) is 2.08. The molecule has 3 fully saturated rings. The third-order valence-electron chi connectivity index (χ3n) is 8.37. The van der Waals surface area contributed by atoms with E-state index < -0.39 is 63.2 Å². The Morgan fingerprint density at radius 3 is 2.59 bits per heavy atom. The Hall–Kier alpha value is -0.790. The molecule has 0 amide bonds. The van der Waals surface area contributed by atoms with Crippen LogP contribution < -0.4 is 0 Å². The highest BCUT2D eigenvalue weighted by molar-refractivity contribution is 6.34. The number of halogens is 3. The van der Waals surface area contributed by atoms with E-state index in [0.717, 1.165) is 0 Å². The Morgan fingerprint density at radius 2 is 1.97 bits per heavy atom. The smallest absolute Gasteiger partial charge is 0.192 e. The van der Waals surface area contributed by atoms with Gasteiger partial charge in [0.1, 0.15) is 12.8 Å². The number of rotatable bonds is 2. The molecular formula is C21H25Cl2FO5. The molecule has 0 spiro atoms. The second-order valence-corrected chi connectivity index (χ2v) is 10.6. The van der Waals surface area contributed by atoms with Crippen molar-refractivity contribution in [1.82, 2.24) is 0 Å². The Bertz CT molecular complexity index is 845. The molecule has 160 valence electrons. The number of alkyl halides is 3. The van der Waals surface area contributed by atoms with E-state index in [9.17, 15) is 24.9 Å².